The Labute approximate surface area is 144 Å². The molecule has 0 aliphatic heterocycles. The van der Waals surface area contributed by atoms with Gasteiger partial charge in [0.2, 0.25) is 5.89 Å². The van der Waals surface area contributed by atoms with E-state index >= 15 is 0 Å². The van der Waals surface area contributed by atoms with Gasteiger partial charge in [-0.1, -0.05) is 13.8 Å². The maximum absolute atomic E-state index is 11.0. The standard InChI is InChI=1S/C19H16N2O4/c1-11(2)10-24-16-6-4-12(7-14(16)9-20)18-21-15-5-3-13(19(22)23)8-17(15)25-18/h3-8,11H,10H2,1-2H3,(H,22,23). The quantitative estimate of drug-likeness (QED) is 0.753. The number of benzene rings is 2. The van der Waals surface area contributed by atoms with Gasteiger partial charge in [0.25, 0.3) is 0 Å². The van der Waals surface area contributed by atoms with Gasteiger partial charge in [-0.2, -0.15) is 5.26 Å². The van der Waals surface area contributed by atoms with E-state index in [1.807, 2.05) is 13.8 Å². The van der Waals surface area contributed by atoms with Gasteiger partial charge in [0.1, 0.15) is 17.3 Å². The molecule has 1 heterocycles. The van der Waals surface area contributed by atoms with Crippen molar-refractivity contribution < 1.29 is 19.1 Å². The molecular weight excluding hydrogens is 320 g/mol. The van der Waals surface area contributed by atoms with Crippen molar-refractivity contribution in [1.82, 2.24) is 4.98 Å². The summed E-state index contributed by atoms with van der Waals surface area (Å²) in [6.07, 6.45) is 0. The summed E-state index contributed by atoms with van der Waals surface area (Å²) < 4.78 is 11.3. The van der Waals surface area contributed by atoms with Crippen molar-refractivity contribution in [1.29, 1.82) is 5.26 Å². The van der Waals surface area contributed by atoms with Crippen molar-refractivity contribution in [3.05, 3.63) is 47.5 Å². The number of carboxylic acid groups (broad SMARTS) is 1. The highest BCUT2D eigenvalue weighted by molar-refractivity contribution is 5.92. The first-order chi connectivity index (χ1) is 12.0. The van der Waals surface area contributed by atoms with Crippen LogP contribution < -0.4 is 4.74 Å². The molecular formula is C19H16N2O4. The Morgan fingerprint density at radius 3 is 2.80 bits per heavy atom. The van der Waals surface area contributed by atoms with Crippen LogP contribution in [0.2, 0.25) is 0 Å². The molecule has 0 saturated heterocycles. The first-order valence-corrected chi connectivity index (χ1v) is 7.79. The van der Waals surface area contributed by atoms with Crippen molar-refractivity contribution >= 4 is 17.1 Å². The van der Waals surface area contributed by atoms with Crippen molar-refractivity contribution in [2.24, 2.45) is 5.92 Å². The number of hydrogen-bond acceptors (Lipinski definition) is 5. The van der Waals surface area contributed by atoms with Crippen LogP contribution in [0.3, 0.4) is 0 Å². The van der Waals surface area contributed by atoms with E-state index in [0.717, 1.165) is 0 Å². The Kier molecular flexibility index (Phi) is 4.40. The molecule has 3 aromatic rings. The Morgan fingerprint density at radius 2 is 2.12 bits per heavy atom. The number of aromatic carboxylic acids is 1. The zero-order valence-corrected chi connectivity index (χ0v) is 13.8. The fourth-order valence-corrected chi connectivity index (χ4v) is 2.31. The lowest BCUT2D eigenvalue weighted by Gasteiger charge is -2.10. The number of carboxylic acids is 1. The van der Waals surface area contributed by atoms with Crippen LogP contribution in [0.25, 0.3) is 22.6 Å². The molecule has 0 saturated carbocycles. The van der Waals surface area contributed by atoms with Gasteiger partial charge in [-0.15, -0.1) is 0 Å². The summed E-state index contributed by atoms with van der Waals surface area (Å²) in [4.78, 5) is 15.4. The van der Waals surface area contributed by atoms with E-state index in [9.17, 15) is 10.1 Å². The molecule has 0 radical (unpaired) electrons. The Balaban J connectivity index is 1.97. The molecule has 0 bridgehead atoms. The number of oxazole rings is 1. The van der Waals surface area contributed by atoms with E-state index in [2.05, 4.69) is 11.1 Å². The molecule has 6 heteroatoms. The molecule has 1 aromatic heterocycles. The van der Waals surface area contributed by atoms with E-state index in [4.69, 9.17) is 14.3 Å². The van der Waals surface area contributed by atoms with Crippen molar-refractivity contribution in [2.75, 3.05) is 6.61 Å². The summed E-state index contributed by atoms with van der Waals surface area (Å²) in [6, 6.07) is 11.7. The molecule has 25 heavy (non-hydrogen) atoms. The minimum atomic E-state index is -1.03. The molecule has 2 aromatic carbocycles. The van der Waals surface area contributed by atoms with E-state index in [1.54, 1.807) is 24.3 Å². The second-order valence-corrected chi connectivity index (χ2v) is 6.03. The summed E-state index contributed by atoms with van der Waals surface area (Å²) in [7, 11) is 0. The highest BCUT2D eigenvalue weighted by Crippen LogP contribution is 2.29. The molecule has 6 nitrogen and oxygen atoms in total. The predicted octanol–water partition coefficient (Wildman–Crippen LogP) is 4.10. The first-order valence-electron chi connectivity index (χ1n) is 7.79. The van der Waals surface area contributed by atoms with Crippen molar-refractivity contribution in [2.45, 2.75) is 13.8 Å². The smallest absolute Gasteiger partial charge is 0.335 e. The van der Waals surface area contributed by atoms with Gasteiger partial charge in [0.15, 0.2) is 5.58 Å². The fourth-order valence-electron chi connectivity index (χ4n) is 2.31. The number of aromatic nitrogens is 1. The number of hydrogen-bond donors (Lipinski definition) is 1. The zero-order valence-electron chi connectivity index (χ0n) is 13.8. The van der Waals surface area contributed by atoms with Crippen LogP contribution in [0, 0.1) is 17.2 Å². The number of nitriles is 1. The molecule has 0 aliphatic rings. The van der Waals surface area contributed by atoms with Gasteiger partial charge in [-0.25, -0.2) is 9.78 Å². The van der Waals surface area contributed by atoms with Crippen LogP contribution >= 0.6 is 0 Å². The fraction of sp³-hybridized carbons (Fsp3) is 0.211. The van der Waals surface area contributed by atoms with Gasteiger partial charge in [0.05, 0.1) is 17.7 Å². The predicted molar refractivity (Wildman–Crippen MR) is 91.5 cm³/mol. The van der Waals surface area contributed by atoms with Crippen LogP contribution in [0.4, 0.5) is 0 Å². The van der Waals surface area contributed by atoms with Crippen LogP contribution in [0.15, 0.2) is 40.8 Å². The average molecular weight is 336 g/mol. The van der Waals surface area contributed by atoms with E-state index < -0.39 is 5.97 Å². The molecule has 0 unspecified atom stereocenters. The molecule has 0 atom stereocenters. The molecule has 0 spiro atoms. The Morgan fingerprint density at radius 1 is 1.32 bits per heavy atom. The maximum Gasteiger partial charge on any atom is 0.335 e. The number of carbonyl (C=O) groups is 1. The van der Waals surface area contributed by atoms with Crippen LogP contribution in [0.5, 0.6) is 5.75 Å². The summed E-state index contributed by atoms with van der Waals surface area (Å²) in [5, 5.41) is 18.4. The average Bonchev–Trinajstić information content (AvgIpc) is 3.02. The van der Waals surface area contributed by atoms with Crippen LogP contribution in [-0.2, 0) is 0 Å². The van der Waals surface area contributed by atoms with Gasteiger partial charge in [0, 0.05) is 5.56 Å². The first kappa shape index (κ1) is 16.5. The summed E-state index contributed by atoms with van der Waals surface area (Å²) in [5.41, 5.74) is 2.09. The van der Waals surface area contributed by atoms with Gasteiger partial charge >= 0.3 is 5.97 Å². The third-order valence-electron chi connectivity index (χ3n) is 3.55. The number of rotatable bonds is 5. The number of ether oxygens (including phenoxy) is 1. The summed E-state index contributed by atoms with van der Waals surface area (Å²) in [5.74, 6) is 0.165. The monoisotopic (exact) mass is 336 g/mol. The van der Waals surface area contributed by atoms with Gasteiger partial charge in [-0.05, 0) is 42.3 Å². The number of nitrogens with zero attached hydrogens (tertiary/aromatic N) is 2. The highest BCUT2D eigenvalue weighted by atomic mass is 16.5. The second kappa shape index (κ2) is 6.65. The SMILES string of the molecule is CC(C)COc1ccc(-c2nc3ccc(C(=O)O)cc3o2)cc1C#N. The lowest BCUT2D eigenvalue weighted by Crippen LogP contribution is -2.05. The molecule has 0 aliphatic carbocycles. The van der Waals surface area contributed by atoms with Gasteiger partial charge < -0.3 is 14.3 Å². The van der Waals surface area contributed by atoms with E-state index in [1.165, 1.54) is 12.1 Å². The molecule has 0 amide bonds. The number of fused-ring (bicyclic) bond motifs is 1. The Bertz CT molecular complexity index is 983. The molecule has 126 valence electrons. The van der Waals surface area contributed by atoms with Crippen molar-refractivity contribution in [3.63, 3.8) is 0 Å². The molecule has 3 rings (SSSR count). The minimum absolute atomic E-state index is 0.130. The van der Waals surface area contributed by atoms with Crippen molar-refractivity contribution in [3.8, 4) is 23.3 Å². The second-order valence-electron chi connectivity index (χ2n) is 6.03. The molecule has 1 N–H and O–H groups in total. The highest BCUT2D eigenvalue weighted by Gasteiger charge is 2.13. The van der Waals surface area contributed by atoms with E-state index in [0.29, 0.717) is 46.4 Å². The van der Waals surface area contributed by atoms with Gasteiger partial charge in [-0.3, -0.25) is 0 Å². The van der Waals surface area contributed by atoms with Crippen LogP contribution in [-0.4, -0.2) is 22.7 Å². The third-order valence-corrected chi connectivity index (χ3v) is 3.55. The summed E-state index contributed by atoms with van der Waals surface area (Å²) in [6.45, 7) is 4.59. The lowest BCUT2D eigenvalue weighted by molar-refractivity contribution is 0.0697. The normalized spacial score (nSPS) is 10.8. The largest absolute Gasteiger partial charge is 0.492 e. The summed E-state index contributed by atoms with van der Waals surface area (Å²) >= 11 is 0. The maximum atomic E-state index is 11.0. The topological polar surface area (TPSA) is 96.3 Å². The Hall–Kier alpha value is -3.33. The lowest BCUT2D eigenvalue weighted by atomic mass is 10.1. The van der Waals surface area contributed by atoms with E-state index in [-0.39, 0.29) is 5.56 Å². The zero-order chi connectivity index (χ0) is 18.0. The minimum Gasteiger partial charge on any atom is -0.492 e. The van der Waals surface area contributed by atoms with Crippen LogP contribution in [0.1, 0.15) is 29.8 Å². The molecule has 0 fully saturated rings. The third kappa shape index (κ3) is 3.45.